The number of hydrogen-bond donors (Lipinski definition) is 2. The zero-order valence-electron chi connectivity index (χ0n) is 14.4. The Morgan fingerprint density at radius 2 is 1.36 bits per heavy atom. The molecular formula is C17H35NO4. The number of rotatable bonds is 15. The van der Waals surface area contributed by atoms with Gasteiger partial charge in [0.2, 0.25) is 0 Å². The number of hydrogen-bond acceptors (Lipinski definition) is 5. The minimum Gasteiger partial charge on any atom is -0.464 e. The third-order valence-corrected chi connectivity index (χ3v) is 3.86. The van der Waals surface area contributed by atoms with Crippen LogP contribution in [-0.4, -0.2) is 34.3 Å². The number of carbonyl (C=O) groups excluding carboxylic acids is 1. The second-order valence-corrected chi connectivity index (χ2v) is 5.97. The number of ether oxygens (including phenoxy) is 1. The number of hydroxylamine groups is 2. The van der Waals surface area contributed by atoms with Gasteiger partial charge in [0.05, 0.1) is 6.61 Å². The fourth-order valence-electron chi connectivity index (χ4n) is 2.46. The summed E-state index contributed by atoms with van der Waals surface area (Å²) < 4.78 is 5.09. The third kappa shape index (κ3) is 12.0. The minimum absolute atomic E-state index is 0.0373. The van der Waals surface area contributed by atoms with E-state index in [1.807, 2.05) is 6.92 Å². The molecule has 0 aromatic carbocycles. The van der Waals surface area contributed by atoms with E-state index < -0.39 is 12.0 Å². The van der Waals surface area contributed by atoms with Crippen molar-refractivity contribution in [3.8, 4) is 0 Å². The topological polar surface area (TPSA) is 70.0 Å². The van der Waals surface area contributed by atoms with E-state index in [4.69, 9.17) is 15.2 Å². The lowest BCUT2D eigenvalue weighted by Crippen LogP contribution is -2.38. The zero-order chi connectivity index (χ0) is 16.6. The van der Waals surface area contributed by atoms with Crippen molar-refractivity contribution >= 4 is 5.97 Å². The molecule has 0 saturated carbocycles. The first kappa shape index (κ1) is 21.4. The zero-order valence-corrected chi connectivity index (χ0v) is 14.4. The third-order valence-electron chi connectivity index (χ3n) is 3.86. The summed E-state index contributed by atoms with van der Waals surface area (Å²) in [5.41, 5.74) is 0. The highest BCUT2D eigenvalue weighted by atomic mass is 16.8. The van der Waals surface area contributed by atoms with Crippen LogP contribution in [0, 0.1) is 0 Å². The Hall–Kier alpha value is -0.650. The molecule has 2 N–H and O–H groups in total. The van der Waals surface area contributed by atoms with Crippen LogP contribution in [0.1, 0.15) is 90.9 Å². The van der Waals surface area contributed by atoms with E-state index in [0.29, 0.717) is 19.4 Å². The van der Waals surface area contributed by atoms with Crippen molar-refractivity contribution in [3.05, 3.63) is 0 Å². The summed E-state index contributed by atoms with van der Waals surface area (Å²) in [6.07, 6.45) is 13.4. The molecule has 0 aliphatic carbocycles. The van der Waals surface area contributed by atoms with Gasteiger partial charge >= 0.3 is 5.97 Å². The molecule has 0 amide bonds. The highest BCUT2D eigenvalue weighted by Gasteiger charge is 2.24. The van der Waals surface area contributed by atoms with Crippen LogP contribution >= 0.6 is 0 Å². The van der Waals surface area contributed by atoms with Crippen molar-refractivity contribution < 1.29 is 19.9 Å². The van der Waals surface area contributed by atoms with E-state index in [2.05, 4.69) is 6.92 Å². The van der Waals surface area contributed by atoms with Gasteiger partial charge < -0.3 is 4.74 Å². The quantitative estimate of drug-likeness (QED) is 0.260. The molecule has 0 aromatic heterocycles. The van der Waals surface area contributed by atoms with Crippen molar-refractivity contribution in [2.24, 2.45) is 0 Å². The molecule has 0 rings (SSSR count). The molecule has 0 spiro atoms. The molecule has 0 aliphatic heterocycles. The highest BCUT2D eigenvalue weighted by molar-refractivity contribution is 5.75. The van der Waals surface area contributed by atoms with Crippen LogP contribution in [0.3, 0.4) is 0 Å². The Labute approximate surface area is 135 Å². The van der Waals surface area contributed by atoms with Gasteiger partial charge in [-0.1, -0.05) is 83.3 Å². The van der Waals surface area contributed by atoms with Crippen molar-refractivity contribution in [2.45, 2.75) is 96.9 Å². The van der Waals surface area contributed by atoms with Crippen molar-refractivity contribution in [2.75, 3.05) is 6.61 Å². The smallest absolute Gasteiger partial charge is 0.328 e. The SMILES string of the molecule is CCCCCCCCCCCCOC(=O)C(CCC)N(O)O. The molecule has 132 valence electrons. The summed E-state index contributed by atoms with van der Waals surface area (Å²) in [6, 6.07) is -0.965. The maximum absolute atomic E-state index is 11.7. The van der Waals surface area contributed by atoms with E-state index in [0.717, 1.165) is 12.8 Å². The van der Waals surface area contributed by atoms with Gasteiger partial charge in [0.1, 0.15) is 0 Å². The van der Waals surface area contributed by atoms with E-state index in [-0.39, 0.29) is 5.23 Å². The van der Waals surface area contributed by atoms with E-state index in [9.17, 15) is 4.79 Å². The van der Waals surface area contributed by atoms with Crippen molar-refractivity contribution in [1.82, 2.24) is 5.23 Å². The first-order valence-corrected chi connectivity index (χ1v) is 8.97. The molecule has 22 heavy (non-hydrogen) atoms. The average molecular weight is 317 g/mol. The summed E-state index contributed by atoms with van der Waals surface area (Å²) in [6.45, 7) is 4.48. The standard InChI is InChI=1S/C17H35NO4/c1-3-5-6-7-8-9-10-11-12-13-15-22-17(19)16(14-4-2)18(20)21/h16,20-21H,3-15H2,1-2H3. The van der Waals surface area contributed by atoms with Crippen LogP contribution in [0.2, 0.25) is 0 Å². The molecule has 0 radical (unpaired) electrons. The monoisotopic (exact) mass is 317 g/mol. The Morgan fingerprint density at radius 1 is 0.864 bits per heavy atom. The molecule has 1 unspecified atom stereocenters. The van der Waals surface area contributed by atoms with E-state index in [1.54, 1.807) is 0 Å². The lowest BCUT2D eigenvalue weighted by molar-refractivity contribution is -0.328. The van der Waals surface area contributed by atoms with Crippen LogP contribution in [0.15, 0.2) is 0 Å². The molecule has 0 fully saturated rings. The van der Waals surface area contributed by atoms with Gasteiger partial charge in [0, 0.05) is 0 Å². The summed E-state index contributed by atoms with van der Waals surface area (Å²) in [4.78, 5) is 11.7. The average Bonchev–Trinajstić information content (AvgIpc) is 2.49. The summed E-state index contributed by atoms with van der Waals surface area (Å²) >= 11 is 0. The van der Waals surface area contributed by atoms with Crippen LogP contribution in [-0.2, 0) is 9.53 Å². The number of carbonyl (C=O) groups is 1. The van der Waals surface area contributed by atoms with E-state index in [1.165, 1.54) is 51.4 Å². The second-order valence-electron chi connectivity index (χ2n) is 5.97. The van der Waals surface area contributed by atoms with Crippen molar-refractivity contribution in [1.29, 1.82) is 0 Å². The van der Waals surface area contributed by atoms with Crippen LogP contribution < -0.4 is 0 Å². The molecule has 0 heterocycles. The first-order chi connectivity index (χ1) is 10.6. The molecule has 0 aromatic rings. The Morgan fingerprint density at radius 3 is 1.82 bits per heavy atom. The predicted octanol–water partition coefficient (Wildman–Crippen LogP) is 4.70. The molecular weight excluding hydrogens is 282 g/mol. The summed E-state index contributed by atoms with van der Waals surface area (Å²) in [5.74, 6) is -0.553. The summed E-state index contributed by atoms with van der Waals surface area (Å²) in [5, 5.41) is 17.9. The van der Waals surface area contributed by atoms with Gasteiger partial charge in [0.15, 0.2) is 6.04 Å². The maximum atomic E-state index is 11.7. The van der Waals surface area contributed by atoms with Gasteiger partial charge in [0.25, 0.3) is 0 Å². The highest BCUT2D eigenvalue weighted by Crippen LogP contribution is 2.11. The van der Waals surface area contributed by atoms with Crippen molar-refractivity contribution in [3.63, 3.8) is 0 Å². The molecule has 5 nitrogen and oxygen atoms in total. The second kappa shape index (κ2) is 15.3. The van der Waals surface area contributed by atoms with Gasteiger partial charge in [-0.15, -0.1) is 0 Å². The predicted molar refractivity (Wildman–Crippen MR) is 86.9 cm³/mol. The largest absolute Gasteiger partial charge is 0.464 e. The van der Waals surface area contributed by atoms with Crippen LogP contribution in [0.5, 0.6) is 0 Å². The Balaban J connectivity index is 3.43. The normalized spacial score (nSPS) is 12.6. The van der Waals surface area contributed by atoms with E-state index >= 15 is 0 Å². The Kier molecular flexibility index (Phi) is 14.8. The first-order valence-electron chi connectivity index (χ1n) is 8.97. The number of unbranched alkanes of at least 4 members (excludes halogenated alkanes) is 9. The summed E-state index contributed by atoms with van der Waals surface area (Å²) in [7, 11) is 0. The molecule has 1 atom stereocenters. The number of esters is 1. The lowest BCUT2D eigenvalue weighted by atomic mass is 10.1. The van der Waals surface area contributed by atoms with Gasteiger partial charge in [-0.2, -0.15) is 0 Å². The minimum atomic E-state index is -0.965. The maximum Gasteiger partial charge on any atom is 0.328 e. The molecule has 0 aliphatic rings. The molecule has 0 saturated heterocycles. The fourth-order valence-corrected chi connectivity index (χ4v) is 2.46. The van der Waals surface area contributed by atoms with Gasteiger partial charge in [-0.25, -0.2) is 0 Å². The van der Waals surface area contributed by atoms with Gasteiger partial charge in [-0.05, 0) is 12.8 Å². The number of nitrogens with zero attached hydrogens (tertiary/aromatic N) is 1. The molecule has 5 heteroatoms. The van der Waals surface area contributed by atoms with Crippen LogP contribution in [0.25, 0.3) is 0 Å². The fraction of sp³-hybridized carbons (Fsp3) is 0.941. The molecule has 0 bridgehead atoms. The van der Waals surface area contributed by atoms with Gasteiger partial charge in [-0.3, -0.25) is 15.2 Å². The lowest BCUT2D eigenvalue weighted by Gasteiger charge is -2.18. The van der Waals surface area contributed by atoms with Crippen LogP contribution in [0.4, 0.5) is 0 Å². The Bertz CT molecular complexity index is 259.